The molecule has 9 heteroatoms. The number of ether oxygens (including phenoxy) is 1. The van der Waals surface area contributed by atoms with Crippen LogP contribution in [0.25, 0.3) is 0 Å². The zero-order valence-electron chi connectivity index (χ0n) is 10.4. The number of aliphatic hydroxyl groups excluding tert-OH is 3. The molecule has 112 valence electrons. The Hall–Kier alpha value is -0.750. The average molecular weight is 398 g/mol. The molecular weight excluding hydrogens is 383 g/mol. The van der Waals surface area contributed by atoms with Crippen molar-refractivity contribution in [1.29, 1.82) is 0 Å². The summed E-state index contributed by atoms with van der Waals surface area (Å²) in [5, 5.41) is 28.4. The van der Waals surface area contributed by atoms with E-state index in [1.165, 1.54) is 6.20 Å². The number of nitrogens with one attached hydrogen (secondary N) is 1. The van der Waals surface area contributed by atoms with Gasteiger partial charge in [0.2, 0.25) is 0 Å². The van der Waals surface area contributed by atoms with Crippen LogP contribution in [0.3, 0.4) is 0 Å². The van der Waals surface area contributed by atoms with Crippen molar-refractivity contribution in [2.75, 3.05) is 11.0 Å². The van der Waals surface area contributed by atoms with Crippen LogP contribution in [0.2, 0.25) is 0 Å². The van der Waals surface area contributed by atoms with Gasteiger partial charge in [-0.2, -0.15) is 0 Å². The zero-order valence-corrected chi connectivity index (χ0v) is 12.6. The van der Waals surface area contributed by atoms with Gasteiger partial charge in [-0.25, -0.2) is 4.79 Å². The van der Waals surface area contributed by atoms with Gasteiger partial charge in [0.1, 0.15) is 12.3 Å². The average Bonchev–Trinajstić information content (AvgIpc) is 2.79. The third-order valence-electron chi connectivity index (χ3n) is 3.19. The summed E-state index contributed by atoms with van der Waals surface area (Å²) in [4.78, 5) is 25.5. The highest BCUT2D eigenvalue weighted by atomic mass is 127. The third kappa shape index (κ3) is 2.96. The van der Waals surface area contributed by atoms with Crippen LogP contribution in [0, 0.1) is 0 Å². The number of rotatable bonds is 4. The maximum absolute atomic E-state index is 11.8. The normalized spacial score (nSPS) is 27.7. The van der Waals surface area contributed by atoms with Gasteiger partial charge < -0.3 is 20.1 Å². The van der Waals surface area contributed by atoms with Crippen LogP contribution < -0.4 is 11.2 Å². The standard InChI is InChI=1S/C11H15IN2O6/c12-2-7(17)5-3-14(11(19)13-10(5)18)9-1-6(16)8(4-15)20-9/h3,6-9,15-17H,1-2,4H2,(H,13,18,19)/t6-,7?,8+,9+/m0/s1. The molecule has 2 heterocycles. The number of halogens is 1. The van der Waals surface area contributed by atoms with Crippen LogP contribution in [0.15, 0.2) is 15.8 Å². The molecule has 1 aliphatic heterocycles. The Bertz CT molecular complexity index is 585. The Morgan fingerprint density at radius 2 is 2.25 bits per heavy atom. The Balaban J connectivity index is 2.38. The topological polar surface area (TPSA) is 125 Å². The number of aliphatic hydroxyl groups is 3. The highest BCUT2D eigenvalue weighted by Crippen LogP contribution is 2.27. The van der Waals surface area contributed by atoms with E-state index in [2.05, 4.69) is 4.98 Å². The highest BCUT2D eigenvalue weighted by molar-refractivity contribution is 14.1. The van der Waals surface area contributed by atoms with Crippen LogP contribution in [0.5, 0.6) is 0 Å². The lowest BCUT2D eigenvalue weighted by molar-refractivity contribution is -0.0461. The fourth-order valence-electron chi connectivity index (χ4n) is 2.09. The van der Waals surface area contributed by atoms with Gasteiger partial charge >= 0.3 is 5.69 Å². The Kier molecular flexibility index (Phi) is 4.96. The third-order valence-corrected chi connectivity index (χ3v) is 4.03. The first-order valence-corrected chi connectivity index (χ1v) is 7.54. The molecule has 0 amide bonds. The molecule has 0 radical (unpaired) electrons. The Morgan fingerprint density at radius 1 is 1.55 bits per heavy atom. The van der Waals surface area contributed by atoms with Gasteiger partial charge in [-0.05, 0) is 0 Å². The van der Waals surface area contributed by atoms with Crippen molar-refractivity contribution in [3.05, 3.63) is 32.6 Å². The van der Waals surface area contributed by atoms with E-state index in [1.807, 2.05) is 22.6 Å². The van der Waals surface area contributed by atoms with E-state index < -0.39 is 35.8 Å². The quantitative estimate of drug-likeness (QED) is 0.367. The molecule has 1 unspecified atom stereocenters. The summed E-state index contributed by atoms with van der Waals surface area (Å²) in [5.41, 5.74) is -1.27. The second kappa shape index (κ2) is 6.35. The van der Waals surface area contributed by atoms with Gasteiger partial charge in [0.25, 0.3) is 5.56 Å². The molecule has 4 atom stereocenters. The molecule has 2 rings (SSSR count). The van der Waals surface area contributed by atoms with Gasteiger partial charge in [-0.3, -0.25) is 14.3 Å². The molecule has 0 aliphatic carbocycles. The molecule has 1 aliphatic rings. The summed E-state index contributed by atoms with van der Waals surface area (Å²) >= 11 is 1.92. The molecule has 0 saturated carbocycles. The maximum atomic E-state index is 11.8. The Labute approximate surface area is 127 Å². The van der Waals surface area contributed by atoms with E-state index in [0.717, 1.165) is 4.57 Å². The number of aromatic amines is 1. The van der Waals surface area contributed by atoms with Crippen LogP contribution in [0.1, 0.15) is 24.3 Å². The van der Waals surface area contributed by atoms with Crippen LogP contribution >= 0.6 is 22.6 Å². The minimum Gasteiger partial charge on any atom is -0.394 e. The summed E-state index contributed by atoms with van der Waals surface area (Å²) in [5.74, 6) is 0. The van der Waals surface area contributed by atoms with E-state index in [9.17, 15) is 19.8 Å². The Morgan fingerprint density at radius 3 is 2.80 bits per heavy atom. The summed E-state index contributed by atoms with van der Waals surface area (Å²) in [6.07, 6.45) is -2.07. The van der Waals surface area contributed by atoms with Crippen molar-refractivity contribution in [3.8, 4) is 0 Å². The van der Waals surface area contributed by atoms with Crippen molar-refractivity contribution in [2.24, 2.45) is 0 Å². The van der Waals surface area contributed by atoms with Crippen LogP contribution in [-0.4, -0.2) is 48.1 Å². The summed E-state index contributed by atoms with van der Waals surface area (Å²) in [6, 6.07) is 0. The van der Waals surface area contributed by atoms with Crippen molar-refractivity contribution in [3.63, 3.8) is 0 Å². The predicted octanol–water partition coefficient (Wildman–Crippen LogP) is -1.35. The highest BCUT2D eigenvalue weighted by Gasteiger charge is 2.35. The molecule has 8 nitrogen and oxygen atoms in total. The molecule has 0 aromatic carbocycles. The van der Waals surface area contributed by atoms with E-state index in [-0.39, 0.29) is 18.6 Å². The first-order chi connectivity index (χ1) is 9.47. The minimum absolute atomic E-state index is 0.0598. The summed E-state index contributed by atoms with van der Waals surface area (Å²) in [7, 11) is 0. The molecule has 0 bridgehead atoms. The summed E-state index contributed by atoms with van der Waals surface area (Å²) < 4.78 is 6.77. The fraction of sp³-hybridized carbons (Fsp3) is 0.636. The second-order valence-electron chi connectivity index (χ2n) is 4.54. The van der Waals surface area contributed by atoms with Crippen LogP contribution in [-0.2, 0) is 4.74 Å². The first kappa shape index (κ1) is 15.6. The van der Waals surface area contributed by atoms with Crippen molar-refractivity contribution >= 4 is 22.6 Å². The monoisotopic (exact) mass is 398 g/mol. The predicted molar refractivity (Wildman–Crippen MR) is 76.8 cm³/mol. The lowest BCUT2D eigenvalue weighted by Gasteiger charge is -2.16. The second-order valence-corrected chi connectivity index (χ2v) is 5.42. The zero-order chi connectivity index (χ0) is 14.9. The smallest absolute Gasteiger partial charge is 0.330 e. The molecular formula is C11H15IN2O6. The van der Waals surface area contributed by atoms with Crippen molar-refractivity contribution < 1.29 is 20.1 Å². The molecule has 1 aromatic rings. The number of hydrogen-bond acceptors (Lipinski definition) is 6. The number of nitrogens with zero attached hydrogens (tertiary/aromatic N) is 1. The van der Waals surface area contributed by atoms with Gasteiger partial charge in [0.05, 0.1) is 24.4 Å². The van der Waals surface area contributed by atoms with Crippen molar-refractivity contribution in [2.45, 2.75) is 31.0 Å². The minimum atomic E-state index is -0.994. The lowest BCUT2D eigenvalue weighted by Crippen LogP contribution is -2.35. The van der Waals surface area contributed by atoms with Crippen molar-refractivity contribution in [1.82, 2.24) is 9.55 Å². The van der Waals surface area contributed by atoms with Gasteiger partial charge in [-0.1, -0.05) is 22.6 Å². The first-order valence-electron chi connectivity index (χ1n) is 6.01. The molecule has 1 fully saturated rings. The van der Waals surface area contributed by atoms with E-state index in [4.69, 9.17) is 9.84 Å². The molecule has 0 spiro atoms. The largest absolute Gasteiger partial charge is 0.394 e. The van der Waals surface area contributed by atoms with Gasteiger partial charge in [-0.15, -0.1) is 0 Å². The number of aromatic nitrogens is 2. The van der Waals surface area contributed by atoms with Gasteiger partial charge in [0.15, 0.2) is 0 Å². The number of H-pyrrole nitrogens is 1. The molecule has 20 heavy (non-hydrogen) atoms. The lowest BCUT2D eigenvalue weighted by atomic mass is 10.2. The molecule has 1 aromatic heterocycles. The number of alkyl halides is 1. The molecule has 1 saturated heterocycles. The van der Waals surface area contributed by atoms with E-state index in [1.54, 1.807) is 0 Å². The SMILES string of the molecule is O=c1[nH]c(=O)n([C@H]2C[C@H](O)[C@@H](CO)O2)cc1C(O)CI. The van der Waals surface area contributed by atoms with E-state index in [0.29, 0.717) is 4.43 Å². The van der Waals surface area contributed by atoms with Crippen LogP contribution in [0.4, 0.5) is 0 Å². The summed E-state index contributed by atoms with van der Waals surface area (Å²) in [6.45, 7) is -0.362. The number of hydrogen-bond donors (Lipinski definition) is 4. The van der Waals surface area contributed by atoms with E-state index >= 15 is 0 Å². The fourth-order valence-corrected chi connectivity index (χ4v) is 2.56. The molecule has 4 N–H and O–H groups in total. The van der Waals surface area contributed by atoms with Gasteiger partial charge in [0, 0.05) is 17.0 Å². The maximum Gasteiger partial charge on any atom is 0.330 e.